The summed E-state index contributed by atoms with van der Waals surface area (Å²) in [6, 6.07) is 7.89. The number of nitrogens with zero attached hydrogens (tertiary/aromatic N) is 4. The van der Waals surface area contributed by atoms with Gasteiger partial charge in [0.25, 0.3) is 5.91 Å². The van der Waals surface area contributed by atoms with E-state index in [-0.39, 0.29) is 24.4 Å². The van der Waals surface area contributed by atoms with Gasteiger partial charge < -0.3 is 11.1 Å². The Hall–Kier alpha value is -2.51. The van der Waals surface area contributed by atoms with Crippen LogP contribution in [-0.2, 0) is 7.05 Å². The third-order valence-electron chi connectivity index (χ3n) is 4.26. The number of carbonyl (C=O) groups excluding carboxylic acids is 1. The van der Waals surface area contributed by atoms with E-state index in [0.29, 0.717) is 29.2 Å². The van der Waals surface area contributed by atoms with Gasteiger partial charge in [0, 0.05) is 19.6 Å². The topological polar surface area (TPSA) is 98.7 Å². The van der Waals surface area contributed by atoms with Gasteiger partial charge in [0.2, 0.25) is 0 Å². The molecule has 138 valence electrons. The molecular formula is C18H23ClN6O. The van der Waals surface area contributed by atoms with Gasteiger partial charge in [-0.05, 0) is 17.0 Å². The number of nitrogens with two attached hydrogens (primary N) is 1. The average Bonchev–Trinajstić information content (AvgIpc) is 3.00. The summed E-state index contributed by atoms with van der Waals surface area (Å²) in [4.78, 5) is 20.7. The standard InChI is InChI=1S/C18H22N6O.ClH/c1-11(2)12-4-6-13(7-5-12)15(19)9-20-18(25)16-14-8-23-24(3)17(14)22-10-21-16;/h4-8,10-11,15H,9,19H2,1-3H3,(H,20,25);1H/t15-;/m0./s1. The molecule has 0 aliphatic carbocycles. The molecule has 3 rings (SSSR count). The molecule has 7 nitrogen and oxygen atoms in total. The molecule has 1 amide bonds. The van der Waals surface area contributed by atoms with E-state index in [9.17, 15) is 4.79 Å². The first kappa shape index (κ1) is 19.8. The van der Waals surface area contributed by atoms with Crippen molar-refractivity contribution in [2.45, 2.75) is 25.8 Å². The lowest BCUT2D eigenvalue weighted by Gasteiger charge is -2.14. The summed E-state index contributed by atoms with van der Waals surface area (Å²) in [7, 11) is 1.77. The molecule has 3 N–H and O–H groups in total. The van der Waals surface area contributed by atoms with Gasteiger partial charge >= 0.3 is 0 Å². The van der Waals surface area contributed by atoms with Gasteiger partial charge in [0.05, 0.1) is 11.6 Å². The molecule has 0 aliphatic rings. The fourth-order valence-corrected chi connectivity index (χ4v) is 2.68. The Kier molecular flexibility index (Phi) is 6.28. The molecule has 2 aromatic heterocycles. The lowest BCUT2D eigenvalue weighted by molar-refractivity contribution is 0.0948. The summed E-state index contributed by atoms with van der Waals surface area (Å²) in [5.74, 6) is 0.194. The highest BCUT2D eigenvalue weighted by atomic mass is 35.5. The summed E-state index contributed by atoms with van der Waals surface area (Å²) >= 11 is 0. The van der Waals surface area contributed by atoms with E-state index < -0.39 is 0 Å². The normalized spacial score (nSPS) is 12.0. The average molecular weight is 375 g/mol. The number of carbonyl (C=O) groups is 1. The molecule has 1 aromatic carbocycles. The summed E-state index contributed by atoms with van der Waals surface area (Å²) in [5, 5.41) is 7.58. The number of benzene rings is 1. The Labute approximate surface area is 158 Å². The van der Waals surface area contributed by atoms with E-state index in [0.717, 1.165) is 5.56 Å². The first-order chi connectivity index (χ1) is 12.0. The van der Waals surface area contributed by atoms with E-state index in [2.05, 4.69) is 46.4 Å². The fraction of sp³-hybridized carbons (Fsp3) is 0.333. The SMILES string of the molecule is CC(C)c1ccc([C@@H](N)CNC(=O)c2ncnc3c2cnn3C)cc1.Cl. The zero-order valence-corrected chi connectivity index (χ0v) is 15.8. The molecule has 0 unspecified atom stereocenters. The highest BCUT2D eigenvalue weighted by Crippen LogP contribution is 2.18. The summed E-state index contributed by atoms with van der Waals surface area (Å²) in [5.41, 5.74) is 9.37. The number of fused-ring (bicyclic) bond motifs is 1. The monoisotopic (exact) mass is 374 g/mol. The van der Waals surface area contributed by atoms with Crippen molar-refractivity contribution in [3.63, 3.8) is 0 Å². The maximum absolute atomic E-state index is 12.5. The van der Waals surface area contributed by atoms with Crippen LogP contribution < -0.4 is 11.1 Å². The lowest BCUT2D eigenvalue weighted by atomic mass is 9.99. The quantitative estimate of drug-likeness (QED) is 0.714. The van der Waals surface area contributed by atoms with Crippen LogP contribution in [0.2, 0.25) is 0 Å². The molecule has 8 heteroatoms. The third kappa shape index (κ3) is 4.00. The Bertz CT molecular complexity index is 890. The maximum atomic E-state index is 12.5. The van der Waals surface area contributed by atoms with Crippen molar-refractivity contribution in [1.29, 1.82) is 0 Å². The molecule has 0 saturated carbocycles. The second-order valence-electron chi connectivity index (χ2n) is 6.37. The number of rotatable bonds is 5. The summed E-state index contributed by atoms with van der Waals surface area (Å²) < 4.78 is 1.61. The van der Waals surface area contributed by atoms with Crippen LogP contribution in [0, 0.1) is 0 Å². The first-order valence-electron chi connectivity index (χ1n) is 8.23. The second-order valence-corrected chi connectivity index (χ2v) is 6.37. The number of amides is 1. The molecule has 0 bridgehead atoms. The zero-order valence-electron chi connectivity index (χ0n) is 15.0. The Balaban J connectivity index is 0.00000243. The molecule has 0 radical (unpaired) electrons. The lowest BCUT2D eigenvalue weighted by Crippen LogP contribution is -2.32. The zero-order chi connectivity index (χ0) is 18.0. The van der Waals surface area contributed by atoms with Crippen LogP contribution in [0.4, 0.5) is 0 Å². The van der Waals surface area contributed by atoms with Gasteiger partial charge in [-0.1, -0.05) is 38.1 Å². The van der Waals surface area contributed by atoms with Crippen molar-refractivity contribution in [1.82, 2.24) is 25.1 Å². The predicted octanol–water partition coefficient (Wildman–Crippen LogP) is 2.34. The minimum absolute atomic E-state index is 0. The van der Waals surface area contributed by atoms with Gasteiger partial charge in [-0.25, -0.2) is 9.97 Å². The summed E-state index contributed by atoms with van der Waals surface area (Å²) in [6.07, 6.45) is 2.96. The number of nitrogens with one attached hydrogen (secondary N) is 1. The molecular weight excluding hydrogens is 352 g/mol. The van der Waals surface area contributed by atoms with Crippen LogP contribution >= 0.6 is 12.4 Å². The van der Waals surface area contributed by atoms with Crippen LogP contribution in [0.5, 0.6) is 0 Å². The molecule has 0 spiro atoms. The van der Waals surface area contributed by atoms with E-state index in [1.165, 1.54) is 11.9 Å². The number of hydrogen-bond acceptors (Lipinski definition) is 5. The molecule has 2 heterocycles. The van der Waals surface area contributed by atoms with Gasteiger partial charge in [-0.3, -0.25) is 9.48 Å². The molecule has 1 atom stereocenters. The molecule has 0 saturated heterocycles. The second kappa shape index (κ2) is 8.25. The number of aromatic nitrogens is 4. The Morgan fingerprint density at radius 3 is 2.50 bits per heavy atom. The van der Waals surface area contributed by atoms with Crippen LogP contribution in [0.15, 0.2) is 36.8 Å². The predicted molar refractivity (Wildman–Crippen MR) is 103 cm³/mol. The van der Waals surface area contributed by atoms with Gasteiger partial charge in [-0.15, -0.1) is 12.4 Å². The van der Waals surface area contributed by atoms with Crippen molar-refractivity contribution in [3.8, 4) is 0 Å². The minimum Gasteiger partial charge on any atom is -0.349 e. The molecule has 0 aliphatic heterocycles. The summed E-state index contributed by atoms with van der Waals surface area (Å²) in [6.45, 7) is 4.62. The van der Waals surface area contributed by atoms with Crippen molar-refractivity contribution in [2.24, 2.45) is 12.8 Å². The first-order valence-corrected chi connectivity index (χ1v) is 8.23. The van der Waals surface area contributed by atoms with Gasteiger partial charge in [-0.2, -0.15) is 5.10 Å². The van der Waals surface area contributed by atoms with Crippen LogP contribution in [-0.4, -0.2) is 32.2 Å². The molecule has 0 fully saturated rings. The highest BCUT2D eigenvalue weighted by Gasteiger charge is 2.16. The van der Waals surface area contributed by atoms with Crippen LogP contribution in [0.3, 0.4) is 0 Å². The van der Waals surface area contributed by atoms with Gasteiger partial charge in [0.1, 0.15) is 12.0 Å². The van der Waals surface area contributed by atoms with Crippen LogP contribution in [0.25, 0.3) is 11.0 Å². The number of hydrogen-bond donors (Lipinski definition) is 2. The minimum atomic E-state index is -0.283. The molecule has 3 aromatic rings. The van der Waals surface area contributed by atoms with E-state index in [4.69, 9.17) is 5.73 Å². The number of halogens is 1. The maximum Gasteiger partial charge on any atom is 0.270 e. The largest absolute Gasteiger partial charge is 0.349 e. The fourth-order valence-electron chi connectivity index (χ4n) is 2.68. The van der Waals surface area contributed by atoms with Crippen molar-refractivity contribution in [2.75, 3.05) is 6.54 Å². The third-order valence-corrected chi connectivity index (χ3v) is 4.26. The Morgan fingerprint density at radius 2 is 1.85 bits per heavy atom. The van der Waals surface area contributed by atoms with Gasteiger partial charge in [0.15, 0.2) is 5.65 Å². The van der Waals surface area contributed by atoms with Crippen LogP contribution in [0.1, 0.15) is 47.4 Å². The van der Waals surface area contributed by atoms with Crippen molar-refractivity contribution < 1.29 is 4.79 Å². The van der Waals surface area contributed by atoms with E-state index >= 15 is 0 Å². The highest BCUT2D eigenvalue weighted by molar-refractivity contribution is 6.03. The van der Waals surface area contributed by atoms with Crippen molar-refractivity contribution >= 4 is 29.3 Å². The van der Waals surface area contributed by atoms with E-state index in [1.807, 2.05) is 12.1 Å². The van der Waals surface area contributed by atoms with Crippen molar-refractivity contribution in [3.05, 3.63) is 53.6 Å². The Morgan fingerprint density at radius 1 is 1.19 bits per heavy atom. The van der Waals surface area contributed by atoms with E-state index in [1.54, 1.807) is 17.9 Å². The molecule has 26 heavy (non-hydrogen) atoms. The number of aryl methyl sites for hydroxylation is 1. The smallest absolute Gasteiger partial charge is 0.270 e.